The fourth-order valence-electron chi connectivity index (χ4n) is 3.56. The zero-order valence-electron chi connectivity index (χ0n) is 18.8. The molecule has 2 aromatic carbocycles. The molecule has 1 fully saturated rings. The van der Waals surface area contributed by atoms with Gasteiger partial charge in [0.15, 0.2) is 0 Å². The number of hydrogen-bond acceptors (Lipinski definition) is 5. The first kappa shape index (κ1) is 23.5. The number of ketones is 1. The summed E-state index contributed by atoms with van der Waals surface area (Å²) in [4.78, 5) is 29.2. The number of benzene rings is 2. The first-order valence-corrected chi connectivity index (χ1v) is 10.6. The highest BCUT2D eigenvalue weighted by molar-refractivity contribution is 6.46. The Morgan fingerprint density at radius 3 is 2.47 bits per heavy atom. The highest BCUT2D eigenvalue weighted by Crippen LogP contribution is 2.39. The summed E-state index contributed by atoms with van der Waals surface area (Å²) in [5, 5.41) is 11.1. The summed E-state index contributed by atoms with van der Waals surface area (Å²) in [5.41, 5.74) is 0.920. The van der Waals surface area contributed by atoms with Gasteiger partial charge in [-0.05, 0) is 49.8 Å². The van der Waals surface area contributed by atoms with E-state index in [1.807, 2.05) is 32.8 Å². The Morgan fingerprint density at radius 2 is 1.84 bits per heavy atom. The molecule has 3 rings (SSSR count). The van der Waals surface area contributed by atoms with Crippen LogP contribution in [0.5, 0.6) is 5.75 Å². The molecular weight excluding hydrogens is 411 g/mol. The van der Waals surface area contributed by atoms with Gasteiger partial charge in [-0.15, -0.1) is 0 Å². The fourth-order valence-corrected chi connectivity index (χ4v) is 3.56. The Balaban J connectivity index is 2.07. The molecule has 0 radical (unpaired) electrons. The van der Waals surface area contributed by atoms with Crippen LogP contribution in [0.3, 0.4) is 0 Å². The second kappa shape index (κ2) is 9.96. The van der Waals surface area contributed by atoms with Gasteiger partial charge in [-0.3, -0.25) is 9.59 Å². The zero-order chi connectivity index (χ0) is 23.4. The Kier molecular flexibility index (Phi) is 7.30. The van der Waals surface area contributed by atoms with Crippen molar-refractivity contribution in [2.24, 2.45) is 5.92 Å². The van der Waals surface area contributed by atoms with E-state index >= 15 is 0 Å². The van der Waals surface area contributed by atoms with Gasteiger partial charge in [0.05, 0.1) is 18.2 Å². The maximum absolute atomic E-state index is 13.5. The van der Waals surface area contributed by atoms with Crippen molar-refractivity contribution < 1.29 is 23.8 Å². The van der Waals surface area contributed by atoms with Crippen molar-refractivity contribution in [1.29, 1.82) is 0 Å². The molecular formula is C25H29FN2O4. The minimum absolute atomic E-state index is 0.0126. The number of ether oxygens (including phenoxy) is 1. The van der Waals surface area contributed by atoms with Gasteiger partial charge in [0.25, 0.3) is 11.7 Å². The lowest BCUT2D eigenvalue weighted by molar-refractivity contribution is -0.140. The molecule has 32 heavy (non-hydrogen) atoms. The molecule has 0 aromatic heterocycles. The number of likely N-dealkylation sites (tertiary alicyclic amines) is 1. The van der Waals surface area contributed by atoms with Crippen LogP contribution in [-0.4, -0.2) is 60.4 Å². The first-order chi connectivity index (χ1) is 15.2. The summed E-state index contributed by atoms with van der Waals surface area (Å²) in [6, 6.07) is 11.6. The molecule has 6 nitrogen and oxygen atoms in total. The number of rotatable bonds is 8. The van der Waals surface area contributed by atoms with Gasteiger partial charge < -0.3 is 19.6 Å². The molecule has 0 bridgehead atoms. The minimum Gasteiger partial charge on any atom is -0.507 e. The number of nitrogens with zero attached hydrogens (tertiary/aromatic N) is 2. The average molecular weight is 441 g/mol. The minimum atomic E-state index is -0.809. The van der Waals surface area contributed by atoms with Gasteiger partial charge in [0, 0.05) is 18.7 Å². The molecule has 1 saturated heterocycles. The van der Waals surface area contributed by atoms with Crippen molar-refractivity contribution in [3.63, 3.8) is 0 Å². The van der Waals surface area contributed by atoms with E-state index in [2.05, 4.69) is 0 Å². The van der Waals surface area contributed by atoms with Crippen LogP contribution in [-0.2, 0) is 9.59 Å². The van der Waals surface area contributed by atoms with Crippen LogP contribution in [0.15, 0.2) is 54.1 Å². The Labute approximate surface area is 187 Å². The number of likely N-dealkylation sites (N-methyl/N-ethyl adjacent to an activating group) is 1. The van der Waals surface area contributed by atoms with E-state index in [-0.39, 0.29) is 17.9 Å². The SMILES string of the molecule is CC(C)COc1cccc(/C(O)=C2/C(=O)C(=O)N(CCN(C)C)C2c2ccc(F)cc2)c1. The normalized spacial score (nSPS) is 18.1. The average Bonchev–Trinajstić information content (AvgIpc) is 3.01. The number of hydrogen-bond donors (Lipinski definition) is 1. The molecule has 7 heteroatoms. The molecule has 0 spiro atoms. The molecule has 2 aromatic rings. The van der Waals surface area contributed by atoms with E-state index in [4.69, 9.17) is 4.74 Å². The predicted molar refractivity (Wildman–Crippen MR) is 121 cm³/mol. The fraction of sp³-hybridized carbons (Fsp3) is 0.360. The van der Waals surface area contributed by atoms with Crippen LogP contribution in [0.25, 0.3) is 5.76 Å². The summed E-state index contributed by atoms with van der Waals surface area (Å²) in [6.45, 7) is 5.38. The highest BCUT2D eigenvalue weighted by atomic mass is 19.1. The van der Waals surface area contributed by atoms with Crippen LogP contribution >= 0.6 is 0 Å². The van der Waals surface area contributed by atoms with Crippen molar-refractivity contribution in [2.45, 2.75) is 19.9 Å². The topological polar surface area (TPSA) is 70.1 Å². The molecule has 0 saturated carbocycles. The van der Waals surface area contributed by atoms with Crippen molar-refractivity contribution >= 4 is 17.4 Å². The van der Waals surface area contributed by atoms with Crippen molar-refractivity contribution in [2.75, 3.05) is 33.8 Å². The predicted octanol–water partition coefficient (Wildman–Crippen LogP) is 3.84. The van der Waals surface area contributed by atoms with Crippen molar-refractivity contribution in [3.05, 3.63) is 71.0 Å². The van der Waals surface area contributed by atoms with Gasteiger partial charge >= 0.3 is 0 Å². The first-order valence-electron chi connectivity index (χ1n) is 10.6. The molecule has 1 N–H and O–H groups in total. The number of carbonyl (C=O) groups is 2. The molecule has 170 valence electrons. The molecule has 1 unspecified atom stereocenters. The van der Waals surface area contributed by atoms with Gasteiger partial charge in [-0.25, -0.2) is 4.39 Å². The lowest BCUT2D eigenvalue weighted by Crippen LogP contribution is -2.35. The van der Waals surface area contributed by atoms with E-state index in [0.717, 1.165) is 0 Å². The summed E-state index contributed by atoms with van der Waals surface area (Å²) >= 11 is 0. The summed E-state index contributed by atoms with van der Waals surface area (Å²) < 4.78 is 19.3. The van der Waals surface area contributed by atoms with Crippen LogP contribution in [0.2, 0.25) is 0 Å². The van der Waals surface area contributed by atoms with Gasteiger partial charge in [-0.1, -0.05) is 38.1 Å². The van der Waals surface area contributed by atoms with Crippen molar-refractivity contribution in [3.8, 4) is 5.75 Å². The van der Waals surface area contributed by atoms with Gasteiger partial charge in [0.2, 0.25) is 0 Å². The second-order valence-electron chi connectivity index (χ2n) is 8.58. The number of aliphatic hydroxyl groups is 1. The van der Waals surface area contributed by atoms with Crippen LogP contribution in [0, 0.1) is 11.7 Å². The number of Topliss-reactive ketones (excluding diaryl/α,β-unsaturated/α-hetero) is 1. The molecule has 1 aliphatic rings. The molecule has 1 aliphatic heterocycles. The molecule has 1 atom stereocenters. The van der Waals surface area contributed by atoms with E-state index in [1.165, 1.54) is 29.2 Å². The monoisotopic (exact) mass is 440 g/mol. The summed E-state index contributed by atoms with van der Waals surface area (Å²) in [7, 11) is 3.73. The number of halogens is 1. The maximum atomic E-state index is 13.5. The van der Waals surface area contributed by atoms with Gasteiger partial charge in [-0.2, -0.15) is 0 Å². The Hall–Kier alpha value is -3.19. The van der Waals surface area contributed by atoms with Crippen LogP contribution in [0.1, 0.15) is 31.0 Å². The van der Waals surface area contributed by atoms with E-state index in [1.54, 1.807) is 24.3 Å². The third-order valence-corrected chi connectivity index (χ3v) is 5.20. The number of amides is 1. The molecule has 1 amide bonds. The van der Waals surface area contributed by atoms with Gasteiger partial charge in [0.1, 0.15) is 17.3 Å². The standard InChI is InChI=1S/C25H29FN2O4/c1-16(2)15-32-20-7-5-6-18(14-20)23(29)21-22(17-8-10-19(26)11-9-17)28(13-12-27(3)4)25(31)24(21)30/h5-11,14,16,22,29H,12-13,15H2,1-4H3/b23-21-. The highest BCUT2D eigenvalue weighted by Gasteiger charge is 2.45. The van der Waals surface area contributed by atoms with Crippen LogP contribution < -0.4 is 4.74 Å². The smallest absolute Gasteiger partial charge is 0.295 e. The summed E-state index contributed by atoms with van der Waals surface area (Å²) in [6.07, 6.45) is 0. The lowest BCUT2D eigenvalue weighted by atomic mass is 9.95. The molecule has 1 heterocycles. The Bertz CT molecular complexity index is 1010. The summed E-state index contributed by atoms with van der Waals surface area (Å²) in [5.74, 6) is -1.26. The molecule has 0 aliphatic carbocycles. The number of aliphatic hydroxyl groups excluding tert-OH is 1. The largest absolute Gasteiger partial charge is 0.507 e. The lowest BCUT2D eigenvalue weighted by Gasteiger charge is -2.26. The third kappa shape index (κ3) is 5.16. The van der Waals surface area contributed by atoms with E-state index in [0.29, 0.717) is 35.9 Å². The van der Waals surface area contributed by atoms with Crippen molar-refractivity contribution in [1.82, 2.24) is 9.80 Å². The van der Waals surface area contributed by atoms with E-state index in [9.17, 15) is 19.1 Å². The second-order valence-corrected chi connectivity index (χ2v) is 8.58. The quantitative estimate of drug-likeness (QED) is 0.384. The maximum Gasteiger partial charge on any atom is 0.295 e. The van der Waals surface area contributed by atoms with Crippen LogP contribution in [0.4, 0.5) is 4.39 Å². The Morgan fingerprint density at radius 1 is 1.16 bits per heavy atom. The van der Waals surface area contributed by atoms with E-state index < -0.39 is 23.5 Å². The number of carbonyl (C=O) groups excluding carboxylic acids is 2. The zero-order valence-corrected chi connectivity index (χ0v) is 18.8. The third-order valence-electron chi connectivity index (χ3n) is 5.20.